The standard InChI is InChI=1S/C13H13ClFNS/c1-9(10-2-4-12(15)5-3-10)16-7-13-6-11(14)8-17-13/h2-6,8-9,16H,7H2,1H3/t9-/m1/s1. The Hall–Kier alpha value is -0.900. The van der Waals surface area contributed by atoms with Crippen molar-refractivity contribution < 1.29 is 4.39 Å². The second-order valence-electron chi connectivity index (χ2n) is 3.89. The molecule has 0 amide bonds. The van der Waals surface area contributed by atoms with E-state index in [1.165, 1.54) is 17.0 Å². The molecule has 0 unspecified atom stereocenters. The molecule has 0 radical (unpaired) electrons. The molecule has 0 bridgehead atoms. The second-order valence-corrected chi connectivity index (χ2v) is 5.32. The maximum Gasteiger partial charge on any atom is 0.123 e. The summed E-state index contributed by atoms with van der Waals surface area (Å²) < 4.78 is 12.8. The van der Waals surface area contributed by atoms with Crippen LogP contribution in [0.2, 0.25) is 5.02 Å². The van der Waals surface area contributed by atoms with Crippen molar-refractivity contribution in [2.45, 2.75) is 19.5 Å². The van der Waals surface area contributed by atoms with Crippen LogP contribution >= 0.6 is 22.9 Å². The van der Waals surface area contributed by atoms with Gasteiger partial charge in [0.05, 0.1) is 5.02 Å². The third-order valence-corrected chi connectivity index (χ3v) is 3.86. The maximum absolute atomic E-state index is 12.8. The molecular formula is C13H13ClFNS. The Bertz CT molecular complexity index is 480. The highest BCUT2D eigenvalue weighted by atomic mass is 35.5. The predicted molar refractivity (Wildman–Crippen MR) is 71.0 cm³/mol. The zero-order valence-corrected chi connectivity index (χ0v) is 11.0. The van der Waals surface area contributed by atoms with Crippen molar-refractivity contribution in [3.05, 3.63) is 57.0 Å². The van der Waals surface area contributed by atoms with Crippen molar-refractivity contribution in [3.8, 4) is 0 Å². The number of halogens is 2. The molecule has 0 saturated heterocycles. The smallest absolute Gasteiger partial charge is 0.123 e. The van der Waals surface area contributed by atoms with Crippen LogP contribution < -0.4 is 5.32 Å². The van der Waals surface area contributed by atoms with Gasteiger partial charge in [0.15, 0.2) is 0 Å². The minimum absolute atomic E-state index is 0.191. The lowest BCUT2D eigenvalue weighted by Gasteiger charge is -2.13. The molecule has 90 valence electrons. The molecule has 4 heteroatoms. The molecule has 0 aliphatic carbocycles. The van der Waals surface area contributed by atoms with Gasteiger partial charge in [-0.25, -0.2) is 4.39 Å². The average molecular weight is 270 g/mol. The van der Waals surface area contributed by atoms with E-state index >= 15 is 0 Å². The van der Waals surface area contributed by atoms with E-state index in [1.807, 2.05) is 11.4 Å². The summed E-state index contributed by atoms with van der Waals surface area (Å²) in [5.41, 5.74) is 1.08. The van der Waals surface area contributed by atoms with Crippen molar-refractivity contribution in [2.24, 2.45) is 0 Å². The van der Waals surface area contributed by atoms with Crippen LogP contribution in [0.1, 0.15) is 23.4 Å². The van der Waals surface area contributed by atoms with Gasteiger partial charge in [0.1, 0.15) is 5.82 Å². The second kappa shape index (κ2) is 5.63. The Labute approximate surface area is 109 Å². The molecule has 1 aromatic carbocycles. The first kappa shape index (κ1) is 12.6. The van der Waals surface area contributed by atoms with Gasteiger partial charge in [-0.3, -0.25) is 0 Å². The molecule has 0 spiro atoms. The summed E-state index contributed by atoms with van der Waals surface area (Å²) in [6.45, 7) is 2.83. The summed E-state index contributed by atoms with van der Waals surface area (Å²) in [7, 11) is 0. The fourth-order valence-electron chi connectivity index (χ4n) is 1.57. The molecule has 2 rings (SSSR count). The molecule has 0 aliphatic rings. The van der Waals surface area contributed by atoms with Crippen molar-refractivity contribution in [1.82, 2.24) is 5.32 Å². The summed E-state index contributed by atoms with van der Waals surface area (Å²) in [6.07, 6.45) is 0. The first-order valence-corrected chi connectivity index (χ1v) is 6.62. The molecule has 1 N–H and O–H groups in total. The van der Waals surface area contributed by atoms with Gasteiger partial charge in [0, 0.05) is 22.8 Å². The largest absolute Gasteiger partial charge is 0.305 e. The van der Waals surface area contributed by atoms with Crippen LogP contribution in [0, 0.1) is 5.82 Å². The van der Waals surface area contributed by atoms with Crippen LogP contribution in [0.3, 0.4) is 0 Å². The van der Waals surface area contributed by atoms with E-state index in [4.69, 9.17) is 11.6 Å². The highest BCUT2D eigenvalue weighted by Crippen LogP contribution is 2.20. The van der Waals surface area contributed by atoms with Gasteiger partial charge in [-0.2, -0.15) is 0 Å². The van der Waals surface area contributed by atoms with E-state index in [2.05, 4.69) is 12.2 Å². The number of hydrogen-bond acceptors (Lipinski definition) is 2. The Morgan fingerprint density at radius 1 is 1.35 bits per heavy atom. The van der Waals surface area contributed by atoms with Crippen LogP contribution in [0.5, 0.6) is 0 Å². The van der Waals surface area contributed by atoms with Gasteiger partial charge in [-0.05, 0) is 30.7 Å². The third-order valence-electron chi connectivity index (χ3n) is 2.57. The van der Waals surface area contributed by atoms with Crippen LogP contribution in [0.25, 0.3) is 0 Å². The Balaban J connectivity index is 1.93. The zero-order valence-electron chi connectivity index (χ0n) is 9.41. The van der Waals surface area contributed by atoms with Crippen LogP contribution in [0.15, 0.2) is 35.7 Å². The summed E-state index contributed by atoms with van der Waals surface area (Å²) in [5.74, 6) is -0.203. The van der Waals surface area contributed by atoms with Gasteiger partial charge in [0.25, 0.3) is 0 Å². The van der Waals surface area contributed by atoms with Crippen LogP contribution in [0.4, 0.5) is 4.39 Å². The Morgan fingerprint density at radius 2 is 2.06 bits per heavy atom. The van der Waals surface area contributed by atoms with E-state index in [0.29, 0.717) is 0 Å². The molecule has 0 saturated carbocycles. The minimum Gasteiger partial charge on any atom is -0.305 e. The molecule has 2 aromatic rings. The maximum atomic E-state index is 12.8. The third kappa shape index (κ3) is 3.53. The van der Waals surface area contributed by atoms with Gasteiger partial charge in [-0.1, -0.05) is 23.7 Å². The first-order valence-electron chi connectivity index (χ1n) is 5.37. The van der Waals surface area contributed by atoms with E-state index in [9.17, 15) is 4.39 Å². The Morgan fingerprint density at radius 3 is 2.65 bits per heavy atom. The molecule has 1 nitrogen and oxygen atoms in total. The fraction of sp³-hybridized carbons (Fsp3) is 0.231. The lowest BCUT2D eigenvalue weighted by molar-refractivity contribution is 0.575. The van der Waals surface area contributed by atoms with Gasteiger partial charge in [-0.15, -0.1) is 11.3 Å². The molecule has 1 aromatic heterocycles. The zero-order chi connectivity index (χ0) is 12.3. The fourth-order valence-corrected chi connectivity index (χ4v) is 2.59. The van der Waals surface area contributed by atoms with Crippen molar-refractivity contribution in [1.29, 1.82) is 0 Å². The van der Waals surface area contributed by atoms with E-state index in [-0.39, 0.29) is 11.9 Å². The molecule has 1 atom stereocenters. The quantitative estimate of drug-likeness (QED) is 0.868. The van der Waals surface area contributed by atoms with E-state index in [0.717, 1.165) is 17.1 Å². The molecule has 0 aliphatic heterocycles. The first-order chi connectivity index (χ1) is 8.15. The van der Waals surface area contributed by atoms with E-state index < -0.39 is 0 Å². The number of benzene rings is 1. The number of rotatable bonds is 4. The summed E-state index contributed by atoms with van der Waals surface area (Å²) >= 11 is 7.49. The Kier molecular flexibility index (Phi) is 4.15. The van der Waals surface area contributed by atoms with Crippen LogP contribution in [-0.4, -0.2) is 0 Å². The molecular weight excluding hydrogens is 257 g/mol. The lowest BCUT2D eigenvalue weighted by atomic mass is 10.1. The predicted octanol–water partition coefficient (Wildman–Crippen LogP) is 4.39. The average Bonchev–Trinajstić information content (AvgIpc) is 2.73. The SMILES string of the molecule is C[C@@H](NCc1cc(Cl)cs1)c1ccc(F)cc1. The monoisotopic (exact) mass is 269 g/mol. The summed E-state index contributed by atoms with van der Waals surface area (Å²) in [4.78, 5) is 1.20. The van der Waals surface area contributed by atoms with Crippen LogP contribution in [-0.2, 0) is 6.54 Å². The summed E-state index contributed by atoms with van der Waals surface area (Å²) in [6, 6.07) is 8.71. The van der Waals surface area contributed by atoms with Crippen molar-refractivity contribution >= 4 is 22.9 Å². The van der Waals surface area contributed by atoms with Gasteiger partial charge >= 0.3 is 0 Å². The number of nitrogens with one attached hydrogen (secondary N) is 1. The van der Waals surface area contributed by atoms with Crippen molar-refractivity contribution in [3.63, 3.8) is 0 Å². The molecule has 1 heterocycles. The normalized spacial score (nSPS) is 12.6. The topological polar surface area (TPSA) is 12.0 Å². The highest BCUT2D eigenvalue weighted by molar-refractivity contribution is 7.10. The lowest BCUT2D eigenvalue weighted by Crippen LogP contribution is -2.17. The van der Waals surface area contributed by atoms with E-state index in [1.54, 1.807) is 23.5 Å². The number of hydrogen-bond donors (Lipinski definition) is 1. The molecule has 17 heavy (non-hydrogen) atoms. The van der Waals surface area contributed by atoms with Gasteiger partial charge in [0.2, 0.25) is 0 Å². The summed E-state index contributed by atoms with van der Waals surface area (Å²) in [5, 5.41) is 6.07. The minimum atomic E-state index is -0.203. The number of thiophene rings is 1. The molecule has 0 fully saturated rings. The highest BCUT2D eigenvalue weighted by Gasteiger charge is 2.05. The van der Waals surface area contributed by atoms with Crippen molar-refractivity contribution in [2.75, 3.05) is 0 Å². The van der Waals surface area contributed by atoms with Gasteiger partial charge < -0.3 is 5.32 Å².